The lowest BCUT2D eigenvalue weighted by molar-refractivity contribution is 0.464. The van der Waals surface area contributed by atoms with E-state index in [1.165, 1.54) is 0 Å². The molecule has 0 fully saturated rings. The van der Waals surface area contributed by atoms with Crippen LogP contribution in [-0.2, 0) is 0 Å². The van der Waals surface area contributed by atoms with Crippen molar-refractivity contribution in [1.29, 1.82) is 0 Å². The molecule has 4 rings (SSSR count). The van der Waals surface area contributed by atoms with Crippen LogP contribution in [-0.4, -0.2) is 15.1 Å². The molecule has 0 saturated heterocycles. The Balaban J connectivity index is 1.89. The highest BCUT2D eigenvalue weighted by atomic mass is 35.5. The van der Waals surface area contributed by atoms with Crippen LogP contribution in [0.3, 0.4) is 0 Å². The molecule has 5 heteroatoms. The summed E-state index contributed by atoms with van der Waals surface area (Å²) in [6, 6.07) is 20.0. The smallest absolute Gasteiger partial charge is 0.230 e. The molecular weight excluding hydrogens is 348 g/mol. The zero-order chi connectivity index (χ0) is 18.1. The first-order chi connectivity index (χ1) is 12.6. The summed E-state index contributed by atoms with van der Waals surface area (Å²) < 4.78 is 6.09. The van der Waals surface area contributed by atoms with Crippen LogP contribution in [0, 0.1) is 6.92 Å². The molecule has 0 saturated carbocycles. The van der Waals surface area contributed by atoms with Gasteiger partial charge in [-0.1, -0.05) is 35.9 Å². The van der Waals surface area contributed by atoms with E-state index in [2.05, 4.69) is 9.97 Å². The lowest BCUT2D eigenvalue weighted by atomic mass is 10.1. The summed E-state index contributed by atoms with van der Waals surface area (Å²) in [4.78, 5) is 9.14. The van der Waals surface area contributed by atoms with E-state index in [4.69, 9.17) is 16.3 Å². The van der Waals surface area contributed by atoms with E-state index in [9.17, 15) is 5.11 Å². The third kappa shape index (κ3) is 3.07. The number of rotatable bonds is 3. The Bertz CT molecular complexity index is 1110. The number of aryl methyl sites for hydroxylation is 1. The van der Waals surface area contributed by atoms with Gasteiger partial charge in [-0.15, -0.1) is 0 Å². The van der Waals surface area contributed by atoms with Gasteiger partial charge in [-0.05, 0) is 55.0 Å². The van der Waals surface area contributed by atoms with Crippen molar-refractivity contribution in [2.24, 2.45) is 0 Å². The Morgan fingerprint density at radius 2 is 1.69 bits per heavy atom. The standard InChI is InChI=1S/C21H15ClN2O2/c1-13-12-14(22)10-11-19(13)26-21-15-6-2-4-8-17(15)23-20(24-21)16-7-3-5-9-18(16)25/h2-12,25H,1H3. The average Bonchev–Trinajstić information content (AvgIpc) is 2.64. The SMILES string of the molecule is Cc1cc(Cl)ccc1Oc1nc(-c2ccccc2O)nc2ccccc12. The molecule has 0 aliphatic rings. The highest BCUT2D eigenvalue weighted by Crippen LogP contribution is 2.34. The Kier molecular flexibility index (Phi) is 4.19. The first kappa shape index (κ1) is 16.4. The summed E-state index contributed by atoms with van der Waals surface area (Å²) in [7, 11) is 0. The number of ether oxygens (including phenoxy) is 1. The lowest BCUT2D eigenvalue weighted by Gasteiger charge is -2.12. The molecule has 1 heterocycles. The molecule has 0 unspecified atom stereocenters. The van der Waals surface area contributed by atoms with Crippen molar-refractivity contribution in [3.63, 3.8) is 0 Å². The number of phenolic OH excluding ortho intramolecular Hbond substituents is 1. The monoisotopic (exact) mass is 362 g/mol. The summed E-state index contributed by atoms with van der Waals surface area (Å²) in [6.07, 6.45) is 0. The Morgan fingerprint density at radius 3 is 2.50 bits per heavy atom. The fourth-order valence-electron chi connectivity index (χ4n) is 2.74. The second kappa shape index (κ2) is 6.65. The van der Waals surface area contributed by atoms with Crippen molar-refractivity contribution in [2.75, 3.05) is 0 Å². The summed E-state index contributed by atoms with van der Waals surface area (Å²) in [5, 5.41) is 11.6. The van der Waals surface area contributed by atoms with Gasteiger partial charge in [0.05, 0.1) is 16.5 Å². The number of hydrogen-bond donors (Lipinski definition) is 1. The zero-order valence-corrected chi connectivity index (χ0v) is 14.7. The second-order valence-electron chi connectivity index (χ2n) is 5.90. The number of para-hydroxylation sites is 2. The molecule has 0 aliphatic heterocycles. The van der Waals surface area contributed by atoms with Gasteiger partial charge in [0, 0.05) is 5.02 Å². The molecular formula is C21H15ClN2O2. The van der Waals surface area contributed by atoms with Crippen molar-refractivity contribution in [3.05, 3.63) is 77.3 Å². The summed E-state index contributed by atoms with van der Waals surface area (Å²) in [6.45, 7) is 1.93. The topological polar surface area (TPSA) is 55.2 Å². The summed E-state index contributed by atoms with van der Waals surface area (Å²) in [5.41, 5.74) is 2.20. The maximum atomic E-state index is 10.2. The fourth-order valence-corrected chi connectivity index (χ4v) is 2.97. The minimum Gasteiger partial charge on any atom is -0.507 e. The van der Waals surface area contributed by atoms with Gasteiger partial charge in [-0.25, -0.2) is 4.98 Å². The van der Waals surface area contributed by atoms with E-state index < -0.39 is 0 Å². The zero-order valence-electron chi connectivity index (χ0n) is 14.0. The maximum absolute atomic E-state index is 10.2. The number of phenols is 1. The molecule has 3 aromatic carbocycles. The molecule has 0 aliphatic carbocycles. The van der Waals surface area contributed by atoms with E-state index in [-0.39, 0.29) is 5.75 Å². The van der Waals surface area contributed by atoms with Gasteiger partial charge < -0.3 is 9.84 Å². The lowest BCUT2D eigenvalue weighted by Crippen LogP contribution is -1.97. The molecule has 0 amide bonds. The molecule has 1 aromatic heterocycles. The largest absolute Gasteiger partial charge is 0.507 e. The third-order valence-electron chi connectivity index (χ3n) is 4.06. The van der Waals surface area contributed by atoms with E-state index in [1.54, 1.807) is 24.3 Å². The van der Waals surface area contributed by atoms with Gasteiger partial charge in [-0.2, -0.15) is 4.98 Å². The minimum atomic E-state index is 0.122. The summed E-state index contributed by atoms with van der Waals surface area (Å²) in [5.74, 6) is 1.63. The molecule has 1 N–H and O–H groups in total. The highest BCUT2D eigenvalue weighted by molar-refractivity contribution is 6.30. The van der Waals surface area contributed by atoms with E-state index in [1.807, 2.05) is 49.4 Å². The van der Waals surface area contributed by atoms with Crippen LogP contribution in [0.4, 0.5) is 0 Å². The molecule has 4 nitrogen and oxygen atoms in total. The number of aromatic nitrogens is 2. The van der Waals surface area contributed by atoms with Crippen LogP contribution in [0.5, 0.6) is 17.4 Å². The number of hydrogen-bond acceptors (Lipinski definition) is 4. The second-order valence-corrected chi connectivity index (χ2v) is 6.33. The van der Waals surface area contributed by atoms with E-state index in [0.29, 0.717) is 28.0 Å². The first-order valence-corrected chi connectivity index (χ1v) is 8.49. The van der Waals surface area contributed by atoms with Gasteiger partial charge in [-0.3, -0.25) is 0 Å². The number of benzene rings is 3. The number of fused-ring (bicyclic) bond motifs is 1. The van der Waals surface area contributed by atoms with Crippen LogP contribution in [0.2, 0.25) is 5.02 Å². The van der Waals surface area contributed by atoms with Gasteiger partial charge in [0.25, 0.3) is 0 Å². The van der Waals surface area contributed by atoms with Gasteiger partial charge in [0.15, 0.2) is 5.82 Å². The third-order valence-corrected chi connectivity index (χ3v) is 4.29. The first-order valence-electron chi connectivity index (χ1n) is 8.11. The van der Waals surface area contributed by atoms with Crippen LogP contribution >= 0.6 is 11.6 Å². The number of halogens is 1. The van der Waals surface area contributed by atoms with Crippen molar-refractivity contribution in [3.8, 4) is 28.8 Å². The molecule has 0 bridgehead atoms. The van der Waals surface area contributed by atoms with E-state index in [0.717, 1.165) is 16.5 Å². The van der Waals surface area contributed by atoms with E-state index >= 15 is 0 Å². The number of aromatic hydroxyl groups is 1. The Hall–Kier alpha value is -3.11. The molecule has 128 valence electrons. The van der Waals surface area contributed by atoms with Gasteiger partial charge in [0.1, 0.15) is 11.5 Å². The quantitative estimate of drug-likeness (QED) is 0.503. The molecule has 0 spiro atoms. The molecule has 4 aromatic rings. The van der Waals surface area contributed by atoms with Crippen LogP contribution in [0.15, 0.2) is 66.7 Å². The van der Waals surface area contributed by atoms with Crippen molar-refractivity contribution < 1.29 is 9.84 Å². The average molecular weight is 363 g/mol. The van der Waals surface area contributed by atoms with Crippen LogP contribution < -0.4 is 4.74 Å². The Morgan fingerprint density at radius 1 is 0.923 bits per heavy atom. The summed E-state index contributed by atoms with van der Waals surface area (Å²) >= 11 is 6.03. The van der Waals surface area contributed by atoms with Crippen LogP contribution in [0.25, 0.3) is 22.3 Å². The predicted molar refractivity (Wildman–Crippen MR) is 103 cm³/mol. The van der Waals surface area contributed by atoms with Crippen LogP contribution in [0.1, 0.15) is 5.56 Å². The van der Waals surface area contributed by atoms with Gasteiger partial charge in [0.2, 0.25) is 5.88 Å². The molecule has 0 radical (unpaired) electrons. The van der Waals surface area contributed by atoms with Crippen molar-refractivity contribution in [1.82, 2.24) is 9.97 Å². The predicted octanol–water partition coefficient (Wildman–Crippen LogP) is 5.76. The minimum absolute atomic E-state index is 0.122. The number of nitrogens with zero attached hydrogens (tertiary/aromatic N) is 2. The van der Waals surface area contributed by atoms with Crippen molar-refractivity contribution in [2.45, 2.75) is 6.92 Å². The maximum Gasteiger partial charge on any atom is 0.230 e. The Labute approximate surface area is 155 Å². The highest BCUT2D eigenvalue weighted by Gasteiger charge is 2.14. The molecule has 0 atom stereocenters. The normalized spacial score (nSPS) is 10.8. The molecule has 26 heavy (non-hydrogen) atoms. The van der Waals surface area contributed by atoms with Gasteiger partial charge >= 0.3 is 0 Å². The van der Waals surface area contributed by atoms with Crippen molar-refractivity contribution >= 4 is 22.5 Å². The fraction of sp³-hybridized carbons (Fsp3) is 0.0476.